The van der Waals surface area contributed by atoms with Crippen LogP contribution in [0.15, 0.2) is 34.1 Å². The number of carbonyl (C=O) groups excluding carboxylic acids is 2. The fraction of sp³-hybridized carbons (Fsp3) is 0.294. The summed E-state index contributed by atoms with van der Waals surface area (Å²) >= 11 is 5.03. The molecule has 2 heterocycles. The summed E-state index contributed by atoms with van der Waals surface area (Å²) in [5.41, 5.74) is 1.86. The molecular formula is C17H17BrN2O3S. The standard InChI is InChI=1S/C17H17BrN2O3S/c1-20(9-13-4-6-15(18)24-13)17(22)10-23-12-3-5-14-11(8-12)2-7-16(21)19-14/h3-6,8H,2,7,9-10H2,1H3,(H,19,21). The molecule has 3 rings (SSSR count). The quantitative estimate of drug-likeness (QED) is 0.823. The van der Waals surface area contributed by atoms with Crippen LogP contribution in [0.3, 0.4) is 0 Å². The van der Waals surface area contributed by atoms with Gasteiger partial charge in [0.1, 0.15) is 5.75 Å². The molecule has 0 atom stereocenters. The number of benzene rings is 1. The van der Waals surface area contributed by atoms with Gasteiger partial charge in [0.25, 0.3) is 5.91 Å². The van der Waals surface area contributed by atoms with E-state index in [-0.39, 0.29) is 18.4 Å². The van der Waals surface area contributed by atoms with E-state index in [1.807, 2.05) is 24.3 Å². The maximum atomic E-state index is 12.2. The largest absolute Gasteiger partial charge is 0.484 e. The normalized spacial score (nSPS) is 13.2. The van der Waals surface area contributed by atoms with Crippen LogP contribution >= 0.6 is 27.3 Å². The van der Waals surface area contributed by atoms with Gasteiger partial charge in [0.05, 0.1) is 10.3 Å². The number of hydrogen-bond donors (Lipinski definition) is 1. The molecule has 7 heteroatoms. The Balaban J connectivity index is 1.55. The maximum Gasteiger partial charge on any atom is 0.260 e. The molecule has 0 saturated carbocycles. The first-order chi connectivity index (χ1) is 11.5. The summed E-state index contributed by atoms with van der Waals surface area (Å²) in [7, 11) is 1.77. The van der Waals surface area contributed by atoms with Crippen LogP contribution in [0.1, 0.15) is 16.9 Å². The van der Waals surface area contributed by atoms with E-state index in [1.54, 1.807) is 29.4 Å². The van der Waals surface area contributed by atoms with Gasteiger partial charge in [0.15, 0.2) is 6.61 Å². The van der Waals surface area contributed by atoms with Gasteiger partial charge >= 0.3 is 0 Å². The highest BCUT2D eigenvalue weighted by Crippen LogP contribution is 2.27. The summed E-state index contributed by atoms with van der Waals surface area (Å²) in [5, 5.41) is 2.83. The minimum atomic E-state index is -0.0782. The van der Waals surface area contributed by atoms with Crippen molar-refractivity contribution in [3.8, 4) is 5.75 Å². The molecule has 0 unspecified atom stereocenters. The lowest BCUT2D eigenvalue weighted by Gasteiger charge is -2.19. The summed E-state index contributed by atoms with van der Waals surface area (Å²) in [6, 6.07) is 9.45. The topological polar surface area (TPSA) is 58.6 Å². The van der Waals surface area contributed by atoms with E-state index >= 15 is 0 Å². The van der Waals surface area contributed by atoms with Crippen molar-refractivity contribution >= 4 is 44.8 Å². The molecular weight excluding hydrogens is 392 g/mol. The second kappa shape index (κ2) is 7.36. The summed E-state index contributed by atoms with van der Waals surface area (Å²) in [6.45, 7) is 0.558. The van der Waals surface area contributed by atoms with Crippen LogP contribution in [0, 0.1) is 0 Å². The fourth-order valence-electron chi connectivity index (χ4n) is 2.46. The van der Waals surface area contributed by atoms with Gasteiger partial charge in [-0.25, -0.2) is 0 Å². The van der Waals surface area contributed by atoms with E-state index in [2.05, 4.69) is 21.2 Å². The van der Waals surface area contributed by atoms with Crippen LogP contribution in [0.2, 0.25) is 0 Å². The fourth-order valence-corrected chi connectivity index (χ4v) is 4.00. The molecule has 0 saturated heterocycles. The van der Waals surface area contributed by atoms with Gasteiger partial charge < -0.3 is 15.0 Å². The van der Waals surface area contributed by atoms with E-state index in [9.17, 15) is 9.59 Å². The zero-order valence-corrected chi connectivity index (χ0v) is 15.6. The van der Waals surface area contributed by atoms with E-state index in [4.69, 9.17) is 4.74 Å². The van der Waals surface area contributed by atoms with Crippen LogP contribution < -0.4 is 10.1 Å². The SMILES string of the molecule is CN(Cc1ccc(Br)s1)C(=O)COc1ccc2c(c1)CCC(=O)N2. The number of thiophene rings is 1. The van der Waals surface area contributed by atoms with E-state index < -0.39 is 0 Å². The molecule has 1 aliphatic rings. The molecule has 0 aliphatic carbocycles. The molecule has 1 aromatic carbocycles. The minimum Gasteiger partial charge on any atom is -0.484 e. The van der Waals surface area contributed by atoms with Gasteiger partial charge in [-0.2, -0.15) is 0 Å². The lowest BCUT2D eigenvalue weighted by atomic mass is 10.0. The highest BCUT2D eigenvalue weighted by molar-refractivity contribution is 9.11. The molecule has 1 N–H and O–H groups in total. The predicted octanol–water partition coefficient (Wildman–Crippen LogP) is 3.43. The number of nitrogens with one attached hydrogen (secondary N) is 1. The van der Waals surface area contributed by atoms with Crippen molar-refractivity contribution in [2.45, 2.75) is 19.4 Å². The molecule has 1 aliphatic heterocycles. The Hall–Kier alpha value is -1.86. The lowest BCUT2D eigenvalue weighted by molar-refractivity contribution is -0.132. The number of halogens is 1. The molecule has 5 nitrogen and oxygen atoms in total. The Bertz CT molecular complexity index is 775. The van der Waals surface area contributed by atoms with Crippen molar-refractivity contribution in [2.24, 2.45) is 0 Å². The van der Waals surface area contributed by atoms with Crippen molar-refractivity contribution < 1.29 is 14.3 Å². The Morgan fingerprint density at radius 3 is 2.92 bits per heavy atom. The van der Waals surface area contributed by atoms with Gasteiger partial charge in [0.2, 0.25) is 5.91 Å². The number of fused-ring (bicyclic) bond motifs is 1. The lowest BCUT2D eigenvalue weighted by Crippen LogP contribution is -2.30. The van der Waals surface area contributed by atoms with Crippen LogP contribution in [-0.4, -0.2) is 30.4 Å². The highest BCUT2D eigenvalue weighted by Gasteiger charge is 2.16. The van der Waals surface area contributed by atoms with Gasteiger partial charge in [0, 0.05) is 24.0 Å². The number of hydrogen-bond acceptors (Lipinski definition) is 4. The number of nitrogens with zero attached hydrogens (tertiary/aromatic N) is 1. The minimum absolute atomic E-state index is 0.00576. The number of carbonyl (C=O) groups is 2. The molecule has 126 valence electrons. The van der Waals surface area contributed by atoms with Crippen LogP contribution in [0.4, 0.5) is 5.69 Å². The third-order valence-electron chi connectivity index (χ3n) is 3.78. The average molecular weight is 409 g/mol. The number of rotatable bonds is 5. The van der Waals surface area contributed by atoms with Crippen LogP contribution in [0.5, 0.6) is 5.75 Å². The van der Waals surface area contributed by atoms with Crippen molar-refractivity contribution in [3.05, 3.63) is 44.6 Å². The predicted molar refractivity (Wildman–Crippen MR) is 97.4 cm³/mol. The molecule has 2 aromatic rings. The smallest absolute Gasteiger partial charge is 0.260 e. The first-order valence-corrected chi connectivity index (χ1v) is 9.16. The molecule has 0 bridgehead atoms. The monoisotopic (exact) mass is 408 g/mol. The molecule has 24 heavy (non-hydrogen) atoms. The first-order valence-electron chi connectivity index (χ1n) is 7.55. The number of amides is 2. The number of ether oxygens (including phenoxy) is 1. The van der Waals surface area contributed by atoms with Crippen LogP contribution in [0.25, 0.3) is 0 Å². The van der Waals surface area contributed by atoms with Crippen LogP contribution in [-0.2, 0) is 22.6 Å². The molecule has 2 amide bonds. The molecule has 0 fully saturated rings. The number of likely N-dealkylation sites (N-methyl/N-ethyl adjacent to an activating group) is 1. The van der Waals surface area contributed by atoms with Gasteiger partial charge in [-0.15, -0.1) is 11.3 Å². The Labute approximate surface area is 152 Å². The molecule has 0 radical (unpaired) electrons. The van der Waals surface area contributed by atoms with Crippen molar-refractivity contribution in [2.75, 3.05) is 19.0 Å². The number of aryl methyl sites for hydroxylation is 1. The van der Waals surface area contributed by atoms with Crippen molar-refractivity contribution in [1.29, 1.82) is 0 Å². The zero-order chi connectivity index (χ0) is 17.1. The average Bonchev–Trinajstić information content (AvgIpc) is 2.97. The van der Waals surface area contributed by atoms with E-state index in [0.717, 1.165) is 19.9 Å². The first kappa shape index (κ1) is 17.0. The molecule has 0 spiro atoms. The van der Waals surface area contributed by atoms with Gasteiger partial charge in [-0.3, -0.25) is 9.59 Å². The Morgan fingerprint density at radius 1 is 1.33 bits per heavy atom. The Morgan fingerprint density at radius 2 is 2.17 bits per heavy atom. The number of anilines is 1. The van der Waals surface area contributed by atoms with Crippen molar-refractivity contribution in [3.63, 3.8) is 0 Å². The summed E-state index contributed by atoms with van der Waals surface area (Å²) in [5.74, 6) is 0.601. The van der Waals surface area contributed by atoms with E-state index in [0.29, 0.717) is 25.1 Å². The third-order valence-corrected chi connectivity index (χ3v) is 5.39. The zero-order valence-electron chi connectivity index (χ0n) is 13.2. The third kappa shape index (κ3) is 4.15. The van der Waals surface area contributed by atoms with Gasteiger partial charge in [-0.05, 0) is 58.2 Å². The summed E-state index contributed by atoms with van der Waals surface area (Å²) < 4.78 is 6.67. The second-order valence-electron chi connectivity index (χ2n) is 5.61. The maximum absolute atomic E-state index is 12.2. The van der Waals surface area contributed by atoms with Gasteiger partial charge in [-0.1, -0.05) is 0 Å². The van der Waals surface area contributed by atoms with E-state index in [1.165, 1.54) is 0 Å². The molecule has 1 aromatic heterocycles. The van der Waals surface area contributed by atoms with Crippen molar-refractivity contribution in [1.82, 2.24) is 4.90 Å². The highest BCUT2D eigenvalue weighted by atomic mass is 79.9. The summed E-state index contributed by atoms with van der Waals surface area (Å²) in [6.07, 6.45) is 1.17. The summed E-state index contributed by atoms with van der Waals surface area (Å²) in [4.78, 5) is 26.3. The Kier molecular flexibility index (Phi) is 5.20. The second-order valence-corrected chi connectivity index (χ2v) is 8.16.